The van der Waals surface area contributed by atoms with Gasteiger partial charge in [0, 0.05) is 30.6 Å². The maximum absolute atomic E-state index is 12.5. The summed E-state index contributed by atoms with van der Waals surface area (Å²) in [5, 5.41) is 5.84. The van der Waals surface area contributed by atoms with Gasteiger partial charge in [-0.2, -0.15) is 0 Å². The highest BCUT2D eigenvalue weighted by Gasteiger charge is 2.20. The normalized spacial score (nSPS) is 14.1. The highest BCUT2D eigenvalue weighted by molar-refractivity contribution is 6.04. The van der Waals surface area contributed by atoms with Crippen LogP contribution in [0.2, 0.25) is 0 Å². The fraction of sp³-hybridized carbons (Fsp3) is 0.348. The summed E-state index contributed by atoms with van der Waals surface area (Å²) in [5.41, 5.74) is 1.94. The average Bonchev–Trinajstić information content (AvgIpc) is 2.72. The van der Waals surface area contributed by atoms with Crippen LogP contribution in [0.15, 0.2) is 48.5 Å². The number of hydrogen-bond donors (Lipinski definition) is 2. The molecule has 3 rings (SSSR count). The van der Waals surface area contributed by atoms with Gasteiger partial charge in [0.25, 0.3) is 5.91 Å². The fourth-order valence-electron chi connectivity index (χ4n) is 3.53. The molecule has 0 heterocycles. The van der Waals surface area contributed by atoms with E-state index in [1.807, 2.05) is 18.2 Å². The summed E-state index contributed by atoms with van der Waals surface area (Å²) in [6.07, 6.45) is 5.40. The van der Waals surface area contributed by atoms with Crippen molar-refractivity contribution in [2.24, 2.45) is 5.92 Å². The van der Waals surface area contributed by atoms with Crippen LogP contribution in [0.1, 0.15) is 54.9 Å². The lowest BCUT2D eigenvalue weighted by Gasteiger charge is -2.20. The summed E-state index contributed by atoms with van der Waals surface area (Å²) >= 11 is 0. The van der Waals surface area contributed by atoms with E-state index < -0.39 is 5.97 Å². The summed E-state index contributed by atoms with van der Waals surface area (Å²) in [6.45, 7) is 1.74. The van der Waals surface area contributed by atoms with Gasteiger partial charge in [-0.05, 0) is 48.7 Å². The molecule has 1 saturated carbocycles. The molecular weight excluding hydrogens is 368 g/mol. The minimum atomic E-state index is -0.439. The van der Waals surface area contributed by atoms with E-state index in [4.69, 9.17) is 4.74 Å². The molecule has 6 nitrogen and oxygen atoms in total. The molecule has 2 N–H and O–H groups in total. The quantitative estimate of drug-likeness (QED) is 0.572. The van der Waals surface area contributed by atoms with Gasteiger partial charge < -0.3 is 15.4 Å². The van der Waals surface area contributed by atoms with E-state index in [-0.39, 0.29) is 17.7 Å². The predicted octanol–water partition coefficient (Wildman–Crippen LogP) is 4.06. The molecule has 152 valence electrons. The molecule has 29 heavy (non-hydrogen) atoms. The number of ether oxygens (including phenoxy) is 1. The molecule has 0 bridgehead atoms. The number of esters is 1. The van der Waals surface area contributed by atoms with Crippen LogP contribution in [0.5, 0.6) is 5.75 Å². The Balaban J connectivity index is 1.58. The van der Waals surface area contributed by atoms with Crippen molar-refractivity contribution < 1.29 is 19.1 Å². The van der Waals surface area contributed by atoms with Gasteiger partial charge in [0.1, 0.15) is 5.75 Å². The van der Waals surface area contributed by atoms with E-state index in [9.17, 15) is 14.4 Å². The van der Waals surface area contributed by atoms with E-state index in [0.717, 1.165) is 31.2 Å². The van der Waals surface area contributed by atoms with E-state index in [2.05, 4.69) is 10.6 Å². The molecule has 0 aliphatic heterocycles. The third-order valence-corrected chi connectivity index (χ3v) is 4.99. The highest BCUT2D eigenvalue weighted by Crippen LogP contribution is 2.24. The third-order valence-electron chi connectivity index (χ3n) is 4.99. The first-order chi connectivity index (χ1) is 14.0. The van der Waals surface area contributed by atoms with E-state index in [0.29, 0.717) is 23.5 Å². The van der Waals surface area contributed by atoms with Gasteiger partial charge in [-0.1, -0.05) is 37.5 Å². The molecule has 2 amide bonds. The van der Waals surface area contributed by atoms with Crippen molar-refractivity contribution in [2.45, 2.75) is 45.6 Å². The largest absolute Gasteiger partial charge is 0.427 e. The molecule has 0 radical (unpaired) electrons. The topological polar surface area (TPSA) is 84.5 Å². The molecule has 0 atom stereocenters. The Morgan fingerprint density at radius 1 is 1.00 bits per heavy atom. The number of amides is 2. The Morgan fingerprint density at radius 3 is 2.52 bits per heavy atom. The SMILES string of the molecule is CC(=O)Oc1cccc(C(=O)Nc2cccc(CNC(=O)C3CCCCC3)c2)c1. The summed E-state index contributed by atoms with van der Waals surface area (Å²) < 4.78 is 5.02. The predicted molar refractivity (Wildman–Crippen MR) is 111 cm³/mol. The Morgan fingerprint density at radius 2 is 1.76 bits per heavy atom. The lowest BCUT2D eigenvalue weighted by atomic mass is 9.88. The molecule has 1 fully saturated rings. The first-order valence-electron chi connectivity index (χ1n) is 9.98. The van der Waals surface area contributed by atoms with Gasteiger partial charge in [-0.3, -0.25) is 14.4 Å². The Hall–Kier alpha value is -3.15. The first kappa shape index (κ1) is 20.6. The number of carbonyl (C=O) groups is 3. The van der Waals surface area contributed by atoms with Crippen LogP contribution < -0.4 is 15.4 Å². The number of carbonyl (C=O) groups excluding carboxylic acids is 3. The molecule has 1 aliphatic carbocycles. The maximum atomic E-state index is 12.5. The van der Waals surface area contributed by atoms with Crippen molar-refractivity contribution in [1.82, 2.24) is 5.32 Å². The molecule has 2 aromatic rings. The van der Waals surface area contributed by atoms with Crippen molar-refractivity contribution in [1.29, 1.82) is 0 Å². The lowest BCUT2D eigenvalue weighted by Crippen LogP contribution is -2.31. The van der Waals surface area contributed by atoms with E-state index in [1.165, 1.54) is 19.4 Å². The molecule has 0 unspecified atom stereocenters. The molecule has 0 aromatic heterocycles. The van der Waals surface area contributed by atoms with Gasteiger partial charge in [-0.15, -0.1) is 0 Å². The summed E-state index contributed by atoms with van der Waals surface area (Å²) in [5.74, 6) is -0.185. The minimum Gasteiger partial charge on any atom is -0.427 e. The number of nitrogens with one attached hydrogen (secondary N) is 2. The number of anilines is 1. The summed E-state index contributed by atoms with van der Waals surface area (Å²) in [4.78, 5) is 35.9. The highest BCUT2D eigenvalue weighted by atomic mass is 16.5. The molecule has 2 aromatic carbocycles. The van der Waals surface area contributed by atoms with Crippen molar-refractivity contribution in [3.63, 3.8) is 0 Å². The molecule has 0 saturated heterocycles. The molecule has 0 spiro atoms. The van der Waals surface area contributed by atoms with E-state index in [1.54, 1.807) is 24.3 Å². The first-order valence-corrected chi connectivity index (χ1v) is 9.98. The van der Waals surface area contributed by atoms with Crippen molar-refractivity contribution >= 4 is 23.5 Å². The zero-order valence-electron chi connectivity index (χ0n) is 16.6. The molecule has 1 aliphatic rings. The van der Waals surface area contributed by atoms with Gasteiger partial charge >= 0.3 is 5.97 Å². The van der Waals surface area contributed by atoms with Crippen molar-refractivity contribution in [3.8, 4) is 5.75 Å². The van der Waals surface area contributed by atoms with Gasteiger partial charge in [0.05, 0.1) is 0 Å². The lowest BCUT2D eigenvalue weighted by molar-refractivity contribution is -0.132. The second-order valence-electron chi connectivity index (χ2n) is 7.33. The number of rotatable bonds is 6. The minimum absolute atomic E-state index is 0.112. The summed E-state index contributed by atoms with van der Waals surface area (Å²) in [6, 6.07) is 13.8. The van der Waals surface area contributed by atoms with Crippen LogP contribution >= 0.6 is 0 Å². The summed E-state index contributed by atoms with van der Waals surface area (Å²) in [7, 11) is 0. The van der Waals surface area contributed by atoms with Crippen LogP contribution in [-0.2, 0) is 16.1 Å². The fourth-order valence-corrected chi connectivity index (χ4v) is 3.53. The van der Waals surface area contributed by atoms with Crippen molar-refractivity contribution in [3.05, 3.63) is 59.7 Å². The Bertz CT molecular complexity index is 888. The van der Waals surface area contributed by atoms with Crippen LogP contribution in [0, 0.1) is 5.92 Å². The zero-order valence-corrected chi connectivity index (χ0v) is 16.6. The monoisotopic (exact) mass is 394 g/mol. The van der Waals surface area contributed by atoms with Gasteiger partial charge in [0.15, 0.2) is 0 Å². The standard InChI is InChI=1S/C23H26N2O4/c1-16(26)29-21-12-6-10-19(14-21)23(28)25-20-11-5-7-17(13-20)15-24-22(27)18-8-3-2-4-9-18/h5-7,10-14,18H,2-4,8-9,15H2,1H3,(H,24,27)(H,25,28). The zero-order chi connectivity index (χ0) is 20.6. The van der Waals surface area contributed by atoms with Crippen LogP contribution in [0.25, 0.3) is 0 Å². The van der Waals surface area contributed by atoms with Crippen LogP contribution in [0.3, 0.4) is 0 Å². The number of benzene rings is 2. The van der Waals surface area contributed by atoms with Gasteiger partial charge in [-0.25, -0.2) is 0 Å². The van der Waals surface area contributed by atoms with E-state index >= 15 is 0 Å². The van der Waals surface area contributed by atoms with Gasteiger partial charge in [0.2, 0.25) is 5.91 Å². The number of hydrogen-bond acceptors (Lipinski definition) is 4. The molecular formula is C23H26N2O4. The third kappa shape index (κ3) is 6.17. The second kappa shape index (κ2) is 9.87. The smallest absolute Gasteiger partial charge is 0.308 e. The van der Waals surface area contributed by atoms with Crippen LogP contribution in [-0.4, -0.2) is 17.8 Å². The molecule has 6 heteroatoms. The van der Waals surface area contributed by atoms with Crippen LogP contribution in [0.4, 0.5) is 5.69 Å². The maximum Gasteiger partial charge on any atom is 0.308 e. The second-order valence-corrected chi connectivity index (χ2v) is 7.33. The van der Waals surface area contributed by atoms with Crippen molar-refractivity contribution in [2.75, 3.05) is 5.32 Å². The average molecular weight is 394 g/mol. The Kier molecular flexibility index (Phi) is 7.00. The Labute approximate surface area is 170 Å².